The third kappa shape index (κ3) is 2.77. The largest absolute Gasteiger partial charge is 0.397 e. The molecule has 20 heavy (non-hydrogen) atoms. The molecule has 3 rings (SSSR count). The molecule has 0 amide bonds. The Labute approximate surface area is 119 Å². The van der Waals surface area contributed by atoms with E-state index in [0.29, 0.717) is 0 Å². The maximum atomic E-state index is 6.05. The maximum absolute atomic E-state index is 6.05. The summed E-state index contributed by atoms with van der Waals surface area (Å²) in [6.07, 6.45) is 4.03. The topological polar surface area (TPSA) is 50.3 Å². The van der Waals surface area contributed by atoms with Crippen LogP contribution in [0.5, 0.6) is 0 Å². The van der Waals surface area contributed by atoms with E-state index in [9.17, 15) is 0 Å². The lowest BCUT2D eigenvalue weighted by molar-refractivity contribution is 0.250. The summed E-state index contributed by atoms with van der Waals surface area (Å²) < 4.78 is 1.86. The first kappa shape index (κ1) is 13.0. The molecule has 1 aliphatic heterocycles. The van der Waals surface area contributed by atoms with Gasteiger partial charge in [-0.1, -0.05) is 12.1 Å². The molecule has 106 valence electrons. The zero-order valence-corrected chi connectivity index (χ0v) is 11.9. The van der Waals surface area contributed by atoms with Gasteiger partial charge in [-0.05, 0) is 12.1 Å². The maximum Gasteiger partial charge on any atom is 0.0600 e. The van der Waals surface area contributed by atoms with Crippen molar-refractivity contribution in [3.63, 3.8) is 0 Å². The highest BCUT2D eigenvalue weighted by molar-refractivity contribution is 5.67. The molecule has 0 spiro atoms. The molecule has 0 radical (unpaired) electrons. The molecule has 0 saturated carbocycles. The fraction of sp³-hybridized carbons (Fsp3) is 0.400. The molecule has 5 heteroatoms. The Morgan fingerprint density at radius 1 is 1.15 bits per heavy atom. The molecule has 2 aromatic rings. The molecular weight excluding hydrogens is 250 g/mol. The molecule has 0 unspecified atom stereocenters. The van der Waals surface area contributed by atoms with Gasteiger partial charge in [0.15, 0.2) is 0 Å². The predicted molar refractivity (Wildman–Crippen MR) is 81.6 cm³/mol. The Morgan fingerprint density at radius 3 is 2.55 bits per heavy atom. The van der Waals surface area contributed by atoms with E-state index < -0.39 is 0 Å². The second-order valence-electron chi connectivity index (χ2n) is 5.34. The highest BCUT2D eigenvalue weighted by Gasteiger charge is 2.18. The van der Waals surface area contributed by atoms with Gasteiger partial charge in [-0.3, -0.25) is 9.58 Å². The Bertz CT molecular complexity index is 569. The lowest BCUT2D eigenvalue weighted by Crippen LogP contribution is -2.46. The van der Waals surface area contributed by atoms with E-state index >= 15 is 0 Å². The van der Waals surface area contributed by atoms with Crippen LogP contribution in [0.2, 0.25) is 0 Å². The Morgan fingerprint density at radius 2 is 1.90 bits per heavy atom. The van der Waals surface area contributed by atoms with E-state index in [2.05, 4.69) is 27.2 Å². The van der Waals surface area contributed by atoms with Crippen molar-refractivity contribution in [1.82, 2.24) is 14.7 Å². The van der Waals surface area contributed by atoms with E-state index in [-0.39, 0.29) is 0 Å². The second kappa shape index (κ2) is 5.54. The monoisotopic (exact) mass is 271 g/mol. The zero-order valence-electron chi connectivity index (χ0n) is 11.9. The summed E-state index contributed by atoms with van der Waals surface area (Å²) in [5, 5.41) is 4.22. The number of nitrogen functional groups attached to an aromatic ring is 1. The van der Waals surface area contributed by atoms with Crippen LogP contribution in [0.1, 0.15) is 5.56 Å². The number of piperazine rings is 1. The minimum atomic E-state index is 0.869. The van der Waals surface area contributed by atoms with Gasteiger partial charge in [0, 0.05) is 51.5 Å². The molecule has 0 aliphatic carbocycles. The minimum absolute atomic E-state index is 0.869. The van der Waals surface area contributed by atoms with E-state index in [1.165, 1.54) is 5.56 Å². The fourth-order valence-electron chi connectivity index (χ4n) is 2.73. The number of anilines is 2. The van der Waals surface area contributed by atoms with Crippen molar-refractivity contribution in [2.75, 3.05) is 36.8 Å². The molecule has 1 aromatic heterocycles. The van der Waals surface area contributed by atoms with Crippen molar-refractivity contribution >= 4 is 11.4 Å². The van der Waals surface area contributed by atoms with Crippen LogP contribution in [-0.2, 0) is 13.6 Å². The van der Waals surface area contributed by atoms with Gasteiger partial charge in [-0.15, -0.1) is 0 Å². The van der Waals surface area contributed by atoms with Gasteiger partial charge in [0.2, 0.25) is 0 Å². The van der Waals surface area contributed by atoms with Crippen molar-refractivity contribution in [2.45, 2.75) is 6.54 Å². The number of benzene rings is 1. The third-order valence-electron chi connectivity index (χ3n) is 3.81. The zero-order chi connectivity index (χ0) is 13.9. The molecule has 2 N–H and O–H groups in total. The van der Waals surface area contributed by atoms with Crippen LogP contribution in [0.4, 0.5) is 11.4 Å². The third-order valence-corrected chi connectivity index (χ3v) is 3.81. The van der Waals surface area contributed by atoms with Crippen molar-refractivity contribution in [3.05, 3.63) is 42.2 Å². The SMILES string of the molecule is Cn1cc(CN2CCN(c3ccccc3N)CC2)cn1. The first-order valence-electron chi connectivity index (χ1n) is 7.02. The summed E-state index contributed by atoms with van der Waals surface area (Å²) in [4.78, 5) is 4.84. The van der Waals surface area contributed by atoms with E-state index in [1.807, 2.05) is 36.1 Å². The average Bonchev–Trinajstić information content (AvgIpc) is 2.86. The van der Waals surface area contributed by atoms with Crippen molar-refractivity contribution in [1.29, 1.82) is 0 Å². The first-order valence-corrected chi connectivity index (χ1v) is 7.02. The van der Waals surface area contributed by atoms with Crippen LogP contribution in [0.25, 0.3) is 0 Å². The van der Waals surface area contributed by atoms with Gasteiger partial charge < -0.3 is 10.6 Å². The predicted octanol–water partition coefficient (Wildman–Crippen LogP) is 1.32. The summed E-state index contributed by atoms with van der Waals surface area (Å²) in [5.74, 6) is 0. The number of nitrogens with two attached hydrogens (primary N) is 1. The van der Waals surface area contributed by atoms with Crippen molar-refractivity contribution < 1.29 is 0 Å². The van der Waals surface area contributed by atoms with Gasteiger partial charge in [0.1, 0.15) is 0 Å². The number of rotatable bonds is 3. The van der Waals surface area contributed by atoms with Crippen LogP contribution in [-0.4, -0.2) is 40.9 Å². The van der Waals surface area contributed by atoms with Crippen LogP contribution in [0, 0.1) is 0 Å². The lowest BCUT2D eigenvalue weighted by atomic mass is 10.2. The highest BCUT2D eigenvalue weighted by atomic mass is 15.3. The normalized spacial score (nSPS) is 16.6. The van der Waals surface area contributed by atoms with Gasteiger partial charge in [0.05, 0.1) is 17.6 Å². The quantitative estimate of drug-likeness (QED) is 0.856. The minimum Gasteiger partial charge on any atom is -0.397 e. The van der Waals surface area contributed by atoms with Crippen molar-refractivity contribution in [2.24, 2.45) is 7.05 Å². The number of para-hydroxylation sites is 2. The standard InChI is InChI=1S/C15H21N5/c1-18-11-13(10-17-18)12-19-6-8-20(9-7-19)15-5-3-2-4-14(15)16/h2-5,10-11H,6-9,12,16H2,1H3. The lowest BCUT2D eigenvalue weighted by Gasteiger charge is -2.36. The Kier molecular flexibility index (Phi) is 3.60. The summed E-state index contributed by atoms with van der Waals surface area (Å²) >= 11 is 0. The summed E-state index contributed by atoms with van der Waals surface area (Å²) in [7, 11) is 1.96. The Balaban J connectivity index is 1.58. The Hall–Kier alpha value is -2.01. The molecule has 1 aliphatic rings. The summed E-state index contributed by atoms with van der Waals surface area (Å²) in [5.41, 5.74) is 9.35. The van der Waals surface area contributed by atoms with Gasteiger partial charge in [0.25, 0.3) is 0 Å². The first-order chi connectivity index (χ1) is 9.72. The average molecular weight is 271 g/mol. The van der Waals surface area contributed by atoms with E-state index in [1.54, 1.807) is 0 Å². The molecule has 0 atom stereocenters. The number of aromatic nitrogens is 2. The second-order valence-corrected chi connectivity index (χ2v) is 5.34. The van der Waals surface area contributed by atoms with E-state index in [4.69, 9.17) is 5.73 Å². The van der Waals surface area contributed by atoms with Gasteiger partial charge >= 0.3 is 0 Å². The molecule has 0 bridgehead atoms. The summed E-state index contributed by atoms with van der Waals surface area (Å²) in [6.45, 7) is 5.14. The fourth-order valence-corrected chi connectivity index (χ4v) is 2.73. The molecule has 1 fully saturated rings. The van der Waals surface area contributed by atoms with Crippen LogP contribution in [0.15, 0.2) is 36.7 Å². The van der Waals surface area contributed by atoms with Gasteiger partial charge in [-0.2, -0.15) is 5.10 Å². The molecule has 5 nitrogen and oxygen atoms in total. The van der Waals surface area contributed by atoms with Crippen molar-refractivity contribution in [3.8, 4) is 0 Å². The summed E-state index contributed by atoms with van der Waals surface area (Å²) in [6, 6.07) is 8.11. The smallest absolute Gasteiger partial charge is 0.0600 e. The number of hydrogen-bond donors (Lipinski definition) is 1. The van der Waals surface area contributed by atoms with Crippen LogP contribution >= 0.6 is 0 Å². The number of nitrogens with zero attached hydrogens (tertiary/aromatic N) is 4. The van der Waals surface area contributed by atoms with Crippen LogP contribution < -0.4 is 10.6 Å². The molecular formula is C15H21N5. The van der Waals surface area contributed by atoms with Crippen LogP contribution in [0.3, 0.4) is 0 Å². The molecule has 2 heterocycles. The number of aryl methyl sites for hydroxylation is 1. The molecule has 1 saturated heterocycles. The highest BCUT2D eigenvalue weighted by Crippen LogP contribution is 2.23. The van der Waals surface area contributed by atoms with E-state index in [0.717, 1.165) is 44.1 Å². The van der Waals surface area contributed by atoms with Gasteiger partial charge in [-0.25, -0.2) is 0 Å². The number of hydrogen-bond acceptors (Lipinski definition) is 4. The molecule has 1 aromatic carbocycles.